The van der Waals surface area contributed by atoms with Gasteiger partial charge >= 0.3 is 0 Å². The van der Waals surface area contributed by atoms with E-state index in [0.29, 0.717) is 13.0 Å². The van der Waals surface area contributed by atoms with Gasteiger partial charge in [0.2, 0.25) is 5.91 Å². The molecule has 4 heteroatoms. The van der Waals surface area contributed by atoms with Crippen LogP contribution in [0.15, 0.2) is 0 Å². The van der Waals surface area contributed by atoms with Crippen LogP contribution in [0.25, 0.3) is 0 Å². The molecule has 0 aromatic rings. The predicted molar refractivity (Wildman–Crippen MR) is 35.9 cm³/mol. The molecule has 0 spiro atoms. The molecule has 1 aliphatic rings. The minimum Gasteiger partial charge on any atom is -0.355 e. The Labute approximate surface area is 64.4 Å². The lowest BCUT2D eigenvalue weighted by molar-refractivity contribution is -0.124. The van der Waals surface area contributed by atoms with E-state index in [1.165, 1.54) is 0 Å². The summed E-state index contributed by atoms with van der Waals surface area (Å²) < 4.78 is 0. The number of carbonyl (C=O) groups is 1. The largest absolute Gasteiger partial charge is 0.355 e. The molecule has 1 heterocycles. The summed E-state index contributed by atoms with van der Waals surface area (Å²) >= 11 is 0. The van der Waals surface area contributed by atoms with Crippen LogP contribution in [0.2, 0.25) is 0 Å². The van der Waals surface area contributed by atoms with E-state index in [1.807, 2.05) is 12.1 Å². The van der Waals surface area contributed by atoms with Gasteiger partial charge in [0.1, 0.15) is 5.41 Å². The van der Waals surface area contributed by atoms with E-state index in [4.69, 9.17) is 10.5 Å². The molecule has 0 bridgehead atoms. The normalized spacial score (nSPS) is 28.7. The third kappa shape index (κ3) is 1.03. The zero-order valence-corrected chi connectivity index (χ0v) is 5.92. The van der Waals surface area contributed by atoms with Crippen molar-refractivity contribution in [2.75, 3.05) is 6.54 Å². The third-order valence-corrected chi connectivity index (χ3v) is 1.87. The Morgan fingerprint density at radius 3 is 2.73 bits per heavy atom. The summed E-state index contributed by atoms with van der Waals surface area (Å²) in [6, 6.07) is 3.74. The van der Waals surface area contributed by atoms with Crippen molar-refractivity contribution in [1.82, 2.24) is 5.32 Å². The molecule has 1 saturated heterocycles. The van der Waals surface area contributed by atoms with Gasteiger partial charge in [0.25, 0.3) is 0 Å². The van der Waals surface area contributed by atoms with E-state index in [0.717, 1.165) is 0 Å². The Morgan fingerprint density at radius 2 is 2.36 bits per heavy atom. The summed E-state index contributed by atoms with van der Waals surface area (Å²) in [4.78, 5) is 11.0. The van der Waals surface area contributed by atoms with Crippen molar-refractivity contribution in [2.24, 2.45) is 5.41 Å². The first-order valence-electron chi connectivity index (χ1n) is 3.32. The molecule has 0 saturated carbocycles. The minimum absolute atomic E-state index is 0.00463. The number of amides is 1. The van der Waals surface area contributed by atoms with Crippen LogP contribution >= 0.6 is 0 Å². The van der Waals surface area contributed by atoms with Gasteiger partial charge in [0, 0.05) is 6.54 Å². The number of hydrogen-bond donors (Lipinski definition) is 1. The monoisotopic (exact) mass is 149 g/mol. The standard InChI is InChI=1S/C7H7N3O/c8-3-1-7(5-9)2-4-10-6(7)11/h1-2,4H2,(H,10,11). The van der Waals surface area contributed by atoms with Gasteiger partial charge in [0.05, 0.1) is 18.6 Å². The Bertz CT molecular complexity index is 260. The Kier molecular flexibility index (Phi) is 1.78. The average Bonchev–Trinajstić information content (AvgIpc) is 2.35. The molecule has 1 amide bonds. The fourth-order valence-corrected chi connectivity index (χ4v) is 1.12. The van der Waals surface area contributed by atoms with E-state index in [9.17, 15) is 4.79 Å². The molecule has 1 N–H and O–H groups in total. The first kappa shape index (κ1) is 7.56. The van der Waals surface area contributed by atoms with Gasteiger partial charge in [-0.05, 0) is 6.42 Å². The fraction of sp³-hybridized carbons (Fsp3) is 0.571. The van der Waals surface area contributed by atoms with Gasteiger partial charge in [-0.25, -0.2) is 0 Å². The number of nitrogens with zero attached hydrogens (tertiary/aromatic N) is 2. The summed E-state index contributed by atoms with van der Waals surface area (Å²) in [5.41, 5.74) is -1.06. The van der Waals surface area contributed by atoms with E-state index in [-0.39, 0.29) is 12.3 Å². The van der Waals surface area contributed by atoms with Crippen molar-refractivity contribution in [3.05, 3.63) is 0 Å². The highest BCUT2D eigenvalue weighted by Crippen LogP contribution is 2.28. The van der Waals surface area contributed by atoms with Crippen molar-refractivity contribution in [3.8, 4) is 12.1 Å². The molecular weight excluding hydrogens is 142 g/mol. The summed E-state index contributed by atoms with van der Waals surface area (Å²) in [5, 5.41) is 19.5. The maximum Gasteiger partial charge on any atom is 0.241 e. The van der Waals surface area contributed by atoms with Crippen molar-refractivity contribution >= 4 is 5.91 Å². The van der Waals surface area contributed by atoms with Crippen LogP contribution in [0, 0.1) is 28.1 Å². The second kappa shape index (κ2) is 2.59. The molecule has 56 valence electrons. The quantitative estimate of drug-likeness (QED) is 0.566. The van der Waals surface area contributed by atoms with Crippen LogP contribution in [0.1, 0.15) is 12.8 Å². The van der Waals surface area contributed by atoms with Crippen molar-refractivity contribution in [1.29, 1.82) is 10.5 Å². The van der Waals surface area contributed by atoms with Gasteiger partial charge in [-0.15, -0.1) is 0 Å². The van der Waals surface area contributed by atoms with E-state index in [2.05, 4.69) is 5.32 Å². The lowest BCUT2D eigenvalue weighted by atomic mass is 9.85. The van der Waals surface area contributed by atoms with E-state index >= 15 is 0 Å². The summed E-state index contributed by atoms with van der Waals surface area (Å²) in [6.45, 7) is 0.508. The second-order valence-corrected chi connectivity index (χ2v) is 2.53. The van der Waals surface area contributed by atoms with Crippen molar-refractivity contribution in [2.45, 2.75) is 12.8 Å². The maximum absolute atomic E-state index is 11.0. The highest BCUT2D eigenvalue weighted by molar-refractivity contribution is 5.87. The van der Waals surface area contributed by atoms with Gasteiger partial charge in [-0.2, -0.15) is 10.5 Å². The SMILES string of the molecule is N#CCC1(C#N)CCNC1=O. The molecule has 4 nitrogen and oxygen atoms in total. The van der Waals surface area contributed by atoms with Gasteiger partial charge < -0.3 is 5.32 Å². The molecule has 0 radical (unpaired) electrons. The van der Waals surface area contributed by atoms with Crippen LogP contribution < -0.4 is 5.32 Å². The van der Waals surface area contributed by atoms with Crippen LogP contribution in [0.3, 0.4) is 0 Å². The number of rotatable bonds is 1. The molecule has 1 rings (SSSR count). The summed E-state index contributed by atoms with van der Waals surface area (Å²) in [7, 11) is 0. The predicted octanol–water partition coefficient (Wildman–Crippen LogP) is -0.0700. The number of nitrogens with one attached hydrogen (secondary N) is 1. The smallest absolute Gasteiger partial charge is 0.241 e. The number of nitriles is 2. The van der Waals surface area contributed by atoms with Crippen LogP contribution in [-0.2, 0) is 4.79 Å². The third-order valence-electron chi connectivity index (χ3n) is 1.87. The van der Waals surface area contributed by atoms with Crippen LogP contribution in [-0.4, -0.2) is 12.5 Å². The van der Waals surface area contributed by atoms with Gasteiger partial charge in [-0.1, -0.05) is 0 Å². The molecule has 1 fully saturated rings. The van der Waals surface area contributed by atoms with Crippen LogP contribution in [0.4, 0.5) is 0 Å². The van der Waals surface area contributed by atoms with Gasteiger partial charge in [0.15, 0.2) is 0 Å². The lowest BCUT2D eigenvalue weighted by Crippen LogP contribution is -2.29. The zero-order valence-electron chi connectivity index (χ0n) is 5.92. The Morgan fingerprint density at radius 1 is 1.64 bits per heavy atom. The zero-order chi connectivity index (χ0) is 8.32. The van der Waals surface area contributed by atoms with Crippen molar-refractivity contribution < 1.29 is 4.79 Å². The Balaban J connectivity index is 2.86. The van der Waals surface area contributed by atoms with Crippen molar-refractivity contribution in [3.63, 3.8) is 0 Å². The summed E-state index contributed by atoms with van der Waals surface area (Å²) in [6.07, 6.45) is 0.450. The molecule has 0 aromatic heterocycles. The molecule has 1 unspecified atom stereocenters. The highest BCUT2D eigenvalue weighted by Gasteiger charge is 2.42. The number of carbonyl (C=O) groups excluding carboxylic acids is 1. The molecule has 1 aliphatic heterocycles. The Hall–Kier alpha value is -1.55. The second-order valence-electron chi connectivity index (χ2n) is 2.53. The minimum atomic E-state index is -1.06. The summed E-state index contributed by atoms with van der Waals surface area (Å²) in [5.74, 6) is -0.304. The highest BCUT2D eigenvalue weighted by atomic mass is 16.2. The first-order chi connectivity index (χ1) is 5.25. The number of hydrogen-bond acceptors (Lipinski definition) is 3. The molecule has 11 heavy (non-hydrogen) atoms. The van der Waals surface area contributed by atoms with Gasteiger partial charge in [-0.3, -0.25) is 4.79 Å². The molecular formula is C7H7N3O. The lowest BCUT2D eigenvalue weighted by Gasteiger charge is -2.10. The first-order valence-corrected chi connectivity index (χ1v) is 3.32. The average molecular weight is 149 g/mol. The van der Waals surface area contributed by atoms with Crippen LogP contribution in [0.5, 0.6) is 0 Å². The molecule has 0 aromatic carbocycles. The maximum atomic E-state index is 11.0. The molecule has 1 atom stereocenters. The fourth-order valence-electron chi connectivity index (χ4n) is 1.12. The van der Waals surface area contributed by atoms with E-state index < -0.39 is 5.41 Å². The topological polar surface area (TPSA) is 76.7 Å². The van der Waals surface area contributed by atoms with E-state index in [1.54, 1.807) is 0 Å². The molecule has 0 aliphatic carbocycles.